The van der Waals surface area contributed by atoms with E-state index in [0.29, 0.717) is 18.8 Å². The molecule has 7 nitrogen and oxygen atoms in total. The minimum absolute atomic E-state index is 0.0500. The van der Waals surface area contributed by atoms with Crippen LogP contribution in [0.25, 0.3) is 0 Å². The largest absolute Gasteiger partial charge is 0.329 e. The van der Waals surface area contributed by atoms with E-state index in [2.05, 4.69) is 15.7 Å². The molecule has 0 fully saturated rings. The summed E-state index contributed by atoms with van der Waals surface area (Å²) >= 11 is 0. The highest BCUT2D eigenvalue weighted by Crippen LogP contribution is 2.26. The van der Waals surface area contributed by atoms with Gasteiger partial charge in [0.2, 0.25) is 5.91 Å². The van der Waals surface area contributed by atoms with E-state index in [1.807, 2.05) is 73.1 Å². The fraction of sp³-hybridized carbons (Fsp3) is 0.292. The molecule has 31 heavy (non-hydrogen) atoms. The number of aromatic nitrogens is 2. The van der Waals surface area contributed by atoms with E-state index in [9.17, 15) is 9.59 Å². The Morgan fingerprint density at radius 2 is 1.90 bits per heavy atom. The molecule has 0 spiro atoms. The first-order valence-electron chi connectivity index (χ1n) is 10.5. The Balaban J connectivity index is 1.33. The highest BCUT2D eigenvalue weighted by molar-refractivity contribution is 5.99. The van der Waals surface area contributed by atoms with E-state index in [0.717, 1.165) is 35.5 Å². The molecule has 0 radical (unpaired) electrons. The van der Waals surface area contributed by atoms with Gasteiger partial charge < -0.3 is 15.5 Å². The molecule has 0 atom stereocenters. The van der Waals surface area contributed by atoms with Gasteiger partial charge in [-0.1, -0.05) is 30.3 Å². The van der Waals surface area contributed by atoms with Crippen molar-refractivity contribution in [1.29, 1.82) is 0 Å². The van der Waals surface area contributed by atoms with Crippen LogP contribution in [0, 0.1) is 13.8 Å². The second kappa shape index (κ2) is 9.04. The Bertz CT molecular complexity index is 1100. The van der Waals surface area contributed by atoms with Gasteiger partial charge in [0, 0.05) is 23.6 Å². The number of para-hydroxylation sites is 1. The first-order chi connectivity index (χ1) is 15.0. The molecule has 4 rings (SSSR count). The molecular weight excluding hydrogens is 390 g/mol. The molecule has 0 aliphatic carbocycles. The summed E-state index contributed by atoms with van der Waals surface area (Å²) in [6.45, 7) is 5.24. The second-order valence-electron chi connectivity index (χ2n) is 7.87. The third kappa shape index (κ3) is 4.94. The van der Waals surface area contributed by atoms with Crippen LogP contribution in [0.5, 0.6) is 0 Å². The number of hydrogen-bond donors (Lipinski definition) is 2. The lowest BCUT2D eigenvalue weighted by Gasteiger charge is -2.29. The Kier molecular flexibility index (Phi) is 6.02. The minimum Gasteiger partial charge on any atom is -0.329 e. The molecule has 0 saturated carbocycles. The number of urea groups is 1. The maximum absolute atomic E-state index is 12.7. The van der Waals surface area contributed by atoms with Crippen molar-refractivity contribution in [1.82, 2.24) is 15.1 Å². The van der Waals surface area contributed by atoms with Crippen LogP contribution >= 0.6 is 0 Å². The average Bonchev–Trinajstić information content (AvgIpc) is 3.08. The molecule has 0 saturated heterocycles. The maximum atomic E-state index is 12.7. The van der Waals surface area contributed by atoms with Gasteiger partial charge in [0.1, 0.15) is 0 Å². The molecule has 2 N–H and O–H groups in total. The summed E-state index contributed by atoms with van der Waals surface area (Å²) in [5.41, 5.74) is 5.89. The quantitative estimate of drug-likeness (QED) is 0.665. The molecule has 0 unspecified atom stereocenters. The molecule has 7 heteroatoms. The van der Waals surface area contributed by atoms with E-state index in [1.165, 1.54) is 5.56 Å². The van der Waals surface area contributed by atoms with Gasteiger partial charge in [-0.15, -0.1) is 0 Å². The van der Waals surface area contributed by atoms with Gasteiger partial charge in [-0.2, -0.15) is 5.10 Å². The van der Waals surface area contributed by atoms with E-state index in [-0.39, 0.29) is 12.5 Å². The van der Waals surface area contributed by atoms with Crippen molar-refractivity contribution in [2.45, 2.75) is 33.2 Å². The zero-order valence-electron chi connectivity index (χ0n) is 17.9. The lowest BCUT2D eigenvalue weighted by Crippen LogP contribution is -2.43. The topological polar surface area (TPSA) is 79.3 Å². The van der Waals surface area contributed by atoms with Crippen LogP contribution in [-0.2, 0) is 17.8 Å². The van der Waals surface area contributed by atoms with Crippen molar-refractivity contribution in [2.75, 3.05) is 23.3 Å². The fourth-order valence-electron chi connectivity index (χ4n) is 3.97. The predicted octanol–water partition coefficient (Wildman–Crippen LogP) is 3.65. The highest BCUT2D eigenvalue weighted by Gasteiger charge is 2.22. The van der Waals surface area contributed by atoms with Crippen molar-refractivity contribution in [3.8, 4) is 0 Å². The number of carbonyl (C=O) groups excluding carboxylic acids is 2. The normalized spacial score (nSPS) is 12.9. The number of fused-ring (bicyclic) bond motifs is 1. The molecule has 0 bridgehead atoms. The standard InChI is InChI=1S/C24H27N5O2/c1-17-13-18(2)29(27-17)16-19-7-5-10-21(14-19)26-24(31)25-15-23(30)28-12-6-9-20-8-3-4-11-22(20)28/h3-5,7-8,10-11,13-14H,6,9,12,15-16H2,1-2H3,(H2,25,26,31). The number of aryl methyl sites for hydroxylation is 3. The number of hydrogen-bond acceptors (Lipinski definition) is 3. The van der Waals surface area contributed by atoms with Gasteiger partial charge in [-0.25, -0.2) is 4.79 Å². The Labute approximate surface area is 182 Å². The predicted molar refractivity (Wildman–Crippen MR) is 121 cm³/mol. The van der Waals surface area contributed by atoms with E-state index in [1.54, 1.807) is 4.90 Å². The first kappa shape index (κ1) is 20.7. The number of amides is 3. The minimum atomic E-state index is -0.401. The third-order valence-electron chi connectivity index (χ3n) is 5.43. The van der Waals surface area contributed by atoms with Gasteiger partial charge in [-0.3, -0.25) is 9.48 Å². The van der Waals surface area contributed by atoms with Crippen LogP contribution < -0.4 is 15.5 Å². The molecule has 160 valence electrons. The summed E-state index contributed by atoms with van der Waals surface area (Å²) in [5.74, 6) is -0.111. The summed E-state index contributed by atoms with van der Waals surface area (Å²) in [7, 11) is 0. The van der Waals surface area contributed by atoms with Crippen molar-refractivity contribution >= 4 is 23.3 Å². The molecule has 2 heterocycles. The molecule has 3 amide bonds. The van der Waals surface area contributed by atoms with Gasteiger partial charge in [0.15, 0.2) is 0 Å². The summed E-state index contributed by atoms with van der Waals surface area (Å²) in [4.78, 5) is 26.8. The summed E-state index contributed by atoms with van der Waals surface area (Å²) < 4.78 is 1.93. The molecular formula is C24H27N5O2. The summed E-state index contributed by atoms with van der Waals surface area (Å²) in [6, 6.07) is 17.2. The Hall–Kier alpha value is -3.61. The fourth-order valence-corrected chi connectivity index (χ4v) is 3.97. The molecule has 3 aromatic rings. The van der Waals surface area contributed by atoms with Gasteiger partial charge in [-0.05, 0) is 62.1 Å². The van der Waals surface area contributed by atoms with Crippen molar-refractivity contribution in [3.63, 3.8) is 0 Å². The van der Waals surface area contributed by atoms with Crippen LogP contribution in [0.4, 0.5) is 16.2 Å². The SMILES string of the molecule is Cc1cc(C)n(Cc2cccc(NC(=O)NCC(=O)N3CCCc4ccccc43)c2)n1. The van der Waals surface area contributed by atoms with E-state index in [4.69, 9.17) is 0 Å². The average molecular weight is 418 g/mol. The maximum Gasteiger partial charge on any atom is 0.319 e. The number of nitrogens with one attached hydrogen (secondary N) is 2. The van der Waals surface area contributed by atoms with Crippen molar-refractivity contribution in [2.24, 2.45) is 0 Å². The van der Waals surface area contributed by atoms with E-state index < -0.39 is 6.03 Å². The van der Waals surface area contributed by atoms with Gasteiger partial charge in [0.05, 0.1) is 18.8 Å². The Morgan fingerprint density at radius 1 is 1.06 bits per heavy atom. The van der Waals surface area contributed by atoms with Crippen LogP contribution in [-0.4, -0.2) is 34.8 Å². The second-order valence-corrected chi connectivity index (χ2v) is 7.87. The summed E-state index contributed by atoms with van der Waals surface area (Å²) in [6.07, 6.45) is 1.90. The number of rotatable bonds is 5. The van der Waals surface area contributed by atoms with Crippen LogP contribution in [0.1, 0.15) is 28.9 Å². The van der Waals surface area contributed by atoms with Crippen molar-refractivity contribution in [3.05, 3.63) is 77.1 Å². The molecule has 1 aromatic heterocycles. The van der Waals surface area contributed by atoms with Crippen molar-refractivity contribution < 1.29 is 9.59 Å². The first-order valence-corrected chi connectivity index (χ1v) is 10.5. The molecule has 2 aromatic carbocycles. The monoisotopic (exact) mass is 417 g/mol. The van der Waals surface area contributed by atoms with Crippen LogP contribution in [0.3, 0.4) is 0 Å². The smallest absolute Gasteiger partial charge is 0.319 e. The number of nitrogens with zero attached hydrogens (tertiary/aromatic N) is 3. The highest BCUT2D eigenvalue weighted by atomic mass is 16.2. The number of benzene rings is 2. The molecule has 1 aliphatic heterocycles. The number of anilines is 2. The summed E-state index contributed by atoms with van der Waals surface area (Å²) in [5, 5.41) is 9.98. The third-order valence-corrected chi connectivity index (χ3v) is 5.43. The number of carbonyl (C=O) groups is 2. The van der Waals surface area contributed by atoms with Gasteiger partial charge >= 0.3 is 6.03 Å². The lowest BCUT2D eigenvalue weighted by atomic mass is 10.0. The van der Waals surface area contributed by atoms with Crippen LogP contribution in [0.2, 0.25) is 0 Å². The van der Waals surface area contributed by atoms with Gasteiger partial charge in [0.25, 0.3) is 0 Å². The lowest BCUT2D eigenvalue weighted by molar-refractivity contribution is -0.117. The zero-order chi connectivity index (χ0) is 21.8. The Morgan fingerprint density at radius 3 is 2.71 bits per heavy atom. The van der Waals surface area contributed by atoms with Crippen LogP contribution in [0.15, 0.2) is 54.6 Å². The zero-order valence-corrected chi connectivity index (χ0v) is 17.9. The van der Waals surface area contributed by atoms with E-state index >= 15 is 0 Å². The molecule has 1 aliphatic rings.